The van der Waals surface area contributed by atoms with E-state index in [-0.39, 0.29) is 6.04 Å². The lowest BCUT2D eigenvalue weighted by Gasteiger charge is -2.13. The smallest absolute Gasteiger partial charge is 0.138 e. The zero-order chi connectivity index (χ0) is 12.7. The first kappa shape index (κ1) is 14.1. The second-order valence-electron chi connectivity index (χ2n) is 4.47. The van der Waals surface area contributed by atoms with Gasteiger partial charge >= 0.3 is 0 Å². The molecule has 98 valence electrons. The van der Waals surface area contributed by atoms with Crippen molar-refractivity contribution in [2.24, 2.45) is 0 Å². The van der Waals surface area contributed by atoms with Crippen molar-refractivity contribution in [3.63, 3.8) is 0 Å². The van der Waals surface area contributed by atoms with Crippen LogP contribution in [0.3, 0.4) is 0 Å². The average Bonchev–Trinajstić information content (AvgIpc) is 2.72. The van der Waals surface area contributed by atoms with Gasteiger partial charge in [-0.3, -0.25) is 0 Å². The summed E-state index contributed by atoms with van der Waals surface area (Å²) in [6.45, 7) is 7.53. The summed E-state index contributed by atoms with van der Waals surface area (Å²) in [6, 6.07) is 0.274. The molecule has 0 spiro atoms. The fraction of sp³-hybridized carbons (Fsp3) is 0.833. The van der Waals surface area contributed by atoms with E-state index in [9.17, 15) is 5.11 Å². The molecule has 1 aromatic rings. The zero-order valence-corrected chi connectivity index (χ0v) is 11.0. The number of aliphatic hydroxyl groups is 1. The van der Waals surface area contributed by atoms with Gasteiger partial charge in [-0.2, -0.15) is 5.10 Å². The highest BCUT2D eigenvalue weighted by Crippen LogP contribution is 2.08. The van der Waals surface area contributed by atoms with Crippen LogP contribution < -0.4 is 0 Å². The molecule has 0 fully saturated rings. The molecule has 0 bridgehead atoms. The molecule has 0 aliphatic heterocycles. The van der Waals surface area contributed by atoms with Crippen LogP contribution in [0.15, 0.2) is 6.33 Å². The normalized spacial score (nSPS) is 13.2. The number of rotatable bonds is 8. The van der Waals surface area contributed by atoms with Crippen LogP contribution >= 0.6 is 0 Å². The number of hydrogen-bond acceptors (Lipinski definition) is 4. The molecule has 1 aromatic heterocycles. The molecule has 1 rings (SSSR count). The van der Waals surface area contributed by atoms with Gasteiger partial charge in [0.1, 0.15) is 12.2 Å². The van der Waals surface area contributed by atoms with Crippen molar-refractivity contribution in [3.05, 3.63) is 12.2 Å². The minimum Gasteiger partial charge on any atom is -0.393 e. The van der Waals surface area contributed by atoms with Crippen LogP contribution in [0.1, 0.15) is 45.5 Å². The van der Waals surface area contributed by atoms with Gasteiger partial charge in [0.25, 0.3) is 0 Å². The largest absolute Gasteiger partial charge is 0.393 e. The predicted octanol–water partition coefficient (Wildman–Crippen LogP) is 1.58. The first-order valence-electron chi connectivity index (χ1n) is 6.29. The third-order valence-corrected chi connectivity index (χ3v) is 2.50. The molecular weight excluding hydrogens is 218 g/mol. The van der Waals surface area contributed by atoms with Crippen molar-refractivity contribution in [2.45, 2.75) is 52.2 Å². The molecule has 1 N–H and O–H groups in total. The molecule has 0 aromatic carbocycles. The van der Waals surface area contributed by atoms with Crippen molar-refractivity contribution >= 4 is 0 Å². The molecule has 5 nitrogen and oxygen atoms in total. The fourth-order valence-electron chi connectivity index (χ4n) is 1.63. The van der Waals surface area contributed by atoms with Crippen LogP contribution in [-0.2, 0) is 11.2 Å². The summed E-state index contributed by atoms with van der Waals surface area (Å²) in [7, 11) is 0. The molecular formula is C12H23N3O2. The maximum absolute atomic E-state index is 9.87. The van der Waals surface area contributed by atoms with Crippen LogP contribution in [0.2, 0.25) is 0 Å². The Morgan fingerprint density at radius 1 is 1.41 bits per heavy atom. The summed E-state index contributed by atoms with van der Waals surface area (Å²) in [4.78, 5) is 4.17. The van der Waals surface area contributed by atoms with Gasteiger partial charge in [-0.05, 0) is 26.7 Å². The summed E-state index contributed by atoms with van der Waals surface area (Å²) in [5.74, 6) is 0.836. The summed E-state index contributed by atoms with van der Waals surface area (Å²) >= 11 is 0. The van der Waals surface area contributed by atoms with Gasteiger partial charge < -0.3 is 9.84 Å². The molecule has 0 saturated carbocycles. The van der Waals surface area contributed by atoms with E-state index in [1.807, 2.05) is 4.68 Å². The predicted molar refractivity (Wildman–Crippen MR) is 65.8 cm³/mol. The first-order chi connectivity index (χ1) is 8.15. The number of aromatic nitrogens is 3. The zero-order valence-electron chi connectivity index (χ0n) is 11.0. The van der Waals surface area contributed by atoms with E-state index in [1.54, 1.807) is 0 Å². The Bertz CT molecular complexity index is 312. The Morgan fingerprint density at radius 2 is 2.18 bits per heavy atom. The minimum absolute atomic E-state index is 0.274. The van der Waals surface area contributed by atoms with Gasteiger partial charge in [0, 0.05) is 25.7 Å². The molecule has 1 unspecified atom stereocenters. The highest BCUT2D eigenvalue weighted by molar-refractivity contribution is 4.89. The van der Waals surface area contributed by atoms with Gasteiger partial charge in [0.2, 0.25) is 0 Å². The molecule has 0 aliphatic rings. The van der Waals surface area contributed by atoms with E-state index >= 15 is 0 Å². The summed E-state index contributed by atoms with van der Waals surface area (Å²) in [6.07, 6.45) is 3.32. The van der Waals surface area contributed by atoms with Crippen molar-refractivity contribution in [1.82, 2.24) is 14.8 Å². The summed E-state index contributed by atoms with van der Waals surface area (Å²) in [5, 5.41) is 14.0. The lowest BCUT2D eigenvalue weighted by molar-refractivity contribution is 0.0809. The topological polar surface area (TPSA) is 60.2 Å². The Hall–Kier alpha value is -0.940. The number of hydrogen-bond donors (Lipinski definition) is 1. The fourth-order valence-corrected chi connectivity index (χ4v) is 1.63. The third-order valence-electron chi connectivity index (χ3n) is 2.50. The Labute approximate surface area is 103 Å². The Balaban J connectivity index is 2.34. The monoisotopic (exact) mass is 241 g/mol. The lowest BCUT2D eigenvalue weighted by atomic mass is 10.2. The molecule has 1 heterocycles. The van der Waals surface area contributed by atoms with Gasteiger partial charge in [0.15, 0.2) is 0 Å². The van der Waals surface area contributed by atoms with Crippen LogP contribution in [0.25, 0.3) is 0 Å². The van der Waals surface area contributed by atoms with Gasteiger partial charge in [-0.1, -0.05) is 6.92 Å². The maximum Gasteiger partial charge on any atom is 0.138 e. The van der Waals surface area contributed by atoms with Crippen molar-refractivity contribution in [3.8, 4) is 0 Å². The van der Waals surface area contributed by atoms with Gasteiger partial charge in [-0.25, -0.2) is 9.67 Å². The van der Waals surface area contributed by atoms with E-state index in [4.69, 9.17) is 4.74 Å². The van der Waals surface area contributed by atoms with Gasteiger partial charge in [0.05, 0.1) is 6.10 Å². The number of ether oxygens (including phenoxy) is 1. The average molecular weight is 241 g/mol. The summed E-state index contributed by atoms with van der Waals surface area (Å²) in [5.41, 5.74) is 0. The van der Waals surface area contributed by atoms with Crippen molar-refractivity contribution < 1.29 is 9.84 Å². The number of aliphatic hydroxyl groups excluding tert-OH is 1. The van der Waals surface area contributed by atoms with E-state index in [1.165, 1.54) is 6.33 Å². The standard InChI is InChI=1S/C12H23N3O2/c1-4-6-17-7-5-11(16)8-12-13-9-14-15(12)10(2)3/h9-11,16H,4-8H2,1-3H3. The lowest BCUT2D eigenvalue weighted by Crippen LogP contribution is -2.18. The van der Waals surface area contributed by atoms with E-state index in [0.29, 0.717) is 19.4 Å². The molecule has 0 amide bonds. The van der Waals surface area contributed by atoms with Gasteiger partial charge in [-0.15, -0.1) is 0 Å². The molecule has 1 atom stereocenters. The molecule has 0 saturated heterocycles. The maximum atomic E-state index is 9.87. The molecule has 0 radical (unpaired) electrons. The quantitative estimate of drug-likeness (QED) is 0.702. The van der Waals surface area contributed by atoms with E-state index < -0.39 is 6.10 Å². The molecule has 17 heavy (non-hydrogen) atoms. The highest BCUT2D eigenvalue weighted by Gasteiger charge is 2.12. The van der Waals surface area contributed by atoms with Crippen LogP contribution in [0.4, 0.5) is 0 Å². The van der Waals surface area contributed by atoms with Crippen LogP contribution in [0.5, 0.6) is 0 Å². The van der Waals surface area contributed by atoms with Crippen LogP contribution in [0, 0.1) is 0 Å². The molecule has 5 heteroatoms. The minimum atomic E-state index is -0.409. The second kappa shape index (κ2) is 7.40. The SMILES string of the molecule is CCCOCCC(O)Cc1ncnn1C(C)C. The van der Waals surface area contributed by atoms with Crippen LogP contribution in [-0.4, -0.2) is 39.2 Å². The Kier molecular flexibility index (Phi) is 6.15. The third kappa shape index (κ3) is 4.83. The van der Waals surface area contributed by atoms with Crippen molar-refractivity contribution in [1.29, 1.82) is 0 Å². The van der Waals surface area contributed by atoms with E-state index in [2.05, 4.69) is 30.9 Å². The first-order valence-corrected chi connectivity index (χ1v) is 6.29. The van der Waals surface area contributed by atoms with Crippen molar-refractivity contribution in [2.75, 3.05) is 13.2 Å². The highest BCUT2D eigenvalue weighted by atomic mass is 16.5. The van der Waals surface area contributed by atoms with E-state index in [0.717, 1.165) is 18.9 Å². The Morgan fingerprint density at radius 3 is 2.82 bits per heavy atom. The summed E-state index contributed by atoms with van der Waals surface area (Å²) < 4.78 is 7.19. The second-order valence-corrected chi connectivity index (χ2v) is 4.47. The number of nitrogens with zero attached hydrogens (tertiary/aromatic N) is 3. The molecule has 0 aliphatic carbocycles.